The van der Waals surface area contributed by atoms with Crippen LogP contribution in [-0.2, 0) is 9.84 Å². The Kier molecular flexibility index (Phi) is 6.32. The highest BCUT2D eigenvalue weighted by atomic mass is 79.9. The first-order chi connectivity index (χ1) is 8.49. The fraction of sp³-hybridized carbons (Fsp3) is 0.538. The zero-order valence-electron chi connectivity index (χ0n) is 10.8. The van der Waals surface area contributed by atoms with Gasteiger partial charge in [-0.2, -0.15) is 0 Å². The molecule has 0 aliphatic carbocycles. The van der Waals surface area contributed by atoms with Gasteiger partial charge in [0, 0.05) is 10.5 Å². The second-order valence-corrected chi connectivity index (χ2v) is 7.25. The van der Waals surface area contributed by atoms with Crippen LogP contribution in [0, 0.1) is 0 Å². The van der Waals surface area contributed by atoms with Crippen molar-refractivity contribution < 1.29 is 8.42 Å². The Bertz CT molecular complexity index is 474. The first-order valence-electron chi connectivity index (χ1n) is 6.21. The third kappa shape index (κ3) is 4.71. The standard InChI is InChI=1S/C13H20BrNO2S/c1-3-8-15-12(4-2)10-18(16,17)13-7-5-6-11(14)9-13/h5-7,9,12,15H,3-4,8,10H2,1-2H3. The average Bonchev–Trinajstić information content (AvgIpc) is 2.34. The van der Waals surface area contributed by atoms with E-state index in [9.17, 15) is 8.42 Å². The summed E-state index contributed by atoms with van der Waals surface area (Å²) in [6.07, 6.45) is 1.82. The Morgan fingerprint density at radius 1 is 1.33 bits per heavy atom. The number of rotatable bonds is 7. The zero-order chi connectivity index (χ0) is 13.6. The Balaban J connectivity index is 2.80. The topological polar surface area (TPSA) is 46.2 Å². The molecule has 3 nitrogen and oxygen atoms in total. The molecule has 0 aromatic heterocycles. The lowest BCUT2D eigenvalue weighted by atomic mass is 10.2. The highest BCUT2D eigenvalue weighted by Crippen LogP contribution is 2.18. The van der Waals surface area contributed by atoms with E-state index in [1.165, 1.54) is 0 Å². The summed E-state index contributed by atoms with van der Waals surface area (Å²) in [5, 5.41) is 3.27. The second kappa shape index (κ2) is 7.26. The van der Waals surface area contributed by atoms with E-state index in [0.717, 1.165) is 23.9 Å². The highest BCUT2D eigenvalue weighted by Gasteiger charge is 2.19. The molecule has 0 saturated heterocycles. The average molecular weight is 334 g/mol. The summed E-state index contributed by atoms with van der Waals surface area (Å²) in [7, 11) is -3.22. The summed E-state index contributed by atoms with van der Waals surface area (Å²) in [5.41, 5.74) is 0. The van der Waals surface area contributed by atoms with Crippen LogP contribution in [0.1, 0.15) is 26.7 Å². The minimum Gasteiger partial charge on any atom is -0.313 e. The number of benzene rings is 1. The summed E-state index contributed by atoms with van der Waals surface area (Å²) >= 11 is 3.30. The molecule has 0 spiro atoms. The van der Waals surface area contributed by atoms with Crippen molar-refractivity contribution in [1.29, 1.82) is 0 Å². The van der Waals surface area contributed by atoms with Gasteiger partial charge in [-0.25, -0.2) is 8.42 Å². The number of hydrogen-bond acceptors (Lipinski definition) is 3. The van der Waals surface area contributed by atoms with Crippen LogP contribution in [-0.4, -0.2) is 26.8 Å². The first-order valence-corrected chi connectivity index (χ1v) is 8.65. The largest absolute Gasteiger partial charge is 0.313 e. The lowest BCUT2D eigenvalue weighted by Crippen LogP contribution is -2.35. The molecule has 1 atom stereocenters. The van der Waals surface area contributed by atoms with Gasteiger partial charge >= 0.3 is 0 Å². The van der Waals surface area contributed by atoms with Gasteiger partial charge in [0.2, 0.25) is 0 Å². The fourth-order valence-electron chi connectivity index (χ4n) is 1.69. The molecule has 0 bridgehead atoms. The van der Waals surface area contributed by atoms with Crippen molar-refractivity contribution in [3.8, 4) is 0 Å². The van der Waals surface area contributed by atoms with Crippen molar-refractivity contribution in [2.75, 3.05) is 12.3 Å². The highest BCUT2D eigenvalue weighted by molar-refractivity contribution is 9.10. The second-order valence-electron chi connectivity index (χ2n) is 4.30. The molecule has 1 unspecified atom stereocenters. The van der Waals surface area contributed by atoms with Crippen molar-refractivity contribution in [3.05, 3.63) is 28.7 Å². The molecule has 0 saturated carbocycles. The molecular formula is C13H20BrNO2S. The lowest BCUT2D eigenvalue weighted by molar-refractivity contribution is 0.519. The maximum atomic E-state index is 12.3. The quantitative estimate of drug-likeness (QED) is 0.834. The van der Waals surface area contributed by atoms with Crippen LogP contribution in [0.2, 0.25) is 0 Å². The Morgan fingerprint density at radius 3 is 2.61 bits per heavy atom. The maximum absolute atomic E-state index is 12.3. The molecule has 102 valence electrons. The van der Waals surface area contributed by atoms with Crippen molar-refractivity contribution >= 4 is 25.8 Å². The third-order valence-electron chi connectivity index (χ3n) is 2.75. The van der Waals surface area contributed by atoms with Gasteiger partial charge in [0.15, 0.2) is 9.84 Å². The van der Waals surface area contributed by atoms with Gasteiger partial charge in [-0.15, -0.1) is 0 Å². The van der Waals surface area contributed by atoms with Gasteiger partial charge in [0.05, 0.1) is 10.6 Å². The summed E-state index contributed by atoms with van der Waals surface area (Å²) in [4.78, 5) is 0.383. The number of halogens is 1. The van der Waals surface area contributed by atoms with E-state index < -0.39 is 9.84 Å². The molecule has 1 aromatic rings. The molecule has 0 amide bonds. The van der Waals surface area contributed by atoms with E-state index >= 15 is 0 Å². The van der Waals surface area contributed by atoms with E-state index in [-0.39, 0.29) is 11.8 Å². The van der Waals surface area contributed by atoms with Crippen molar-refractivity contribution in [2.45, 2.75) is 37.6 Å². The third-order valence-corrected chi connectivity index (χ3v) is 5.06. The minimum atomic E-state index is -3.22. The molecule has 1 N–H and O–H groups in total. The number of hydrogen-bond donors (Lipinski definition) is 1. The normalized spacial score (nSPS) is 13.5. The predicted octanol–water partition coefficient (Wildman–Crippen LogP) is 3.00. The van der Waals surface area contributed by atoms with Gasteiger partial charge < -0.3 is 5.32 Å². The van der Waals surface area contributed by atoms with E-state index in [1.807, 2.05) is 13.0 Å². The van der Waals surface area contributed by atoms with E-state index in [4.69, 9.17) is 0 Å². The fourth-order valence-corrected chi connectivity index (χ4v) is 3.91. The van der Waals surface area contributed by atoms with E-state index in [2.05, 4.69) is 28.2 Å². The molecule has 0 heterocycles. The monoisotopic (exact) mass is 333 g/mol. The Hall–Kier alpha value is -0.390. The molecule has 0 fully saturated rings. The van der Waals surface area contributed by atoms with Crippen molar-refractivity contribution in [2.24, 2.45) is 0 Å². The molecule has 1 rings (SSSR count). The summed E-state index contributed by atoms with van der Waals surface area (Å²) in [6.45, 7) is 4.93. The zero-order valence-corrected chi connectivity index (χ0v) is 13.2. The molecule has 0 aliphatic rings. The van der Waals surface area contributed by atoms with Gasteiger partial charge in [-0.05, 0) is 37.6 Å². The van der Waals surface area contributed by atoms with Gasteiger partial charge in [0.25, 0.3) is 0 Å². The molecule has 5 heteroatoms. The summed E-state index contributed by atoms with van der Waals surface area (Å²) in [5.74, 6) is 0.153. The van der Waals surface area contributed by atoms with Crippen LogP contribution >= 0.6 is 15.9 Å². The summed E-state index contributed by atoms with van der Waals surface area (Å²) in [6, 6.07) is 6.89. The Morgan fingerprint density at radius 2 is 2.06 bits per heavy atom. The van der Waals surface area contributed by atoms with Crippen molar-refractivity contribution in [1.82, 2.24) is 5.32 Å². The maximum Gasteiger partial charge on any atom is 0.179 e. The minimum absolute atomic E-state index is 0.0222. The van der Waals surface area contributed by atoms with E-state index in [1.54, 1.807) is 18.2 Å². The Labute approximate surface area is 118 Å². The number of sulfone groups is 1. The summed E-state index contributed by atoms with van der Waals surface area (Å²) < 4.78 is 25.3. The number of nitrogens with one attached hydrogen (secondary N) is 1. The smallest absolute Gasteiger partial charge is 0.179 e. The predicted molar refractivity (Wildman–Crippen MR) is 78.6 cm³/mol. The van der Waals surface area contributed by atoms with Crippen LogP contribution in [0.25, 0.3) is 0 Å². The van der Waals surface area contributed by atoms with Gasteiger partial charge in [-0.3, -0.25) is 0 Å². The van der Waals surface area contributed by atoms with Gasteiger partial charge in [-0.1, -0.05) is 35.8 Å². The van der Waals surface area contributed by atoms with Crippen LogP contribution in [0.15, 0.2) is 33.6 Å². The molecule has 1 aromatic carbocycles. The SMILES string of the molecule is CCCNC(CC)CS(=O)(=O)c1cccc(Br)c1. The molecule has 0 aliphatic heterocycles. The van der Waals surface area contributed by atoms with Crippen LogP contribution in [0.4, 0.5) is 0 Å². The molecular weight excluding hydrogens is 314 g/mol. The van der Waals surface area contributed by atoms with Crippen LogP contribution in [0.3, 0.4) is 0 Å². The first kappa shape index (κ1) is 15.7. The van der Waals surface area contributed by atoms with Crippen LogP contribution < -0.4 is 5.32 Å². The van der Waals surface area contributed by atoms with Crippen molar-refractivity contribution in [3.63, 3.8) is 0 Å². The molecule has 18 heavy (non-hydrogen) atoms. The molecule has 0 radical (unpaired) electrons. The lowest BCUT2D eigenvalue weighted by Gasteiger charge is -2.16. The van der Waals surface area contributed by atoms with Crippen LogP contribution in [0.5, 0.6) is 0 Å². The van der Waals surface area contributed by atoms with Gasteiger partial charge in [0.1, 0.15) is 0 Å². The van der Waals surface area contributed by atoms with E-state index in [0.29, 0.717) is 4.90 Å².